The number of pyridine rings is 1. The second-order valence-corrected chi connectivity index (χ2v) is 8.17. The lowest BCUT2D eigenvalue weighted by Crippen LogP contribution is -2.15. The minimum atomic E-state index is -3.95. The van der Waals surface area contributed by atoms with Crippen molar-refractivity contribution in [3.05, 3.63) is 58.7 Å². The number of benzene rings is 2. The van der Waals surface area contributed by atoms with Gasteiger partial charge in [-0.1, -0.05) is 0 Å². The van der Waals surface area contributed by atoms with Crippen LogP contribution >= 0.6 is 0 Å². The first-order valence-electron chi connectivity index (χ1n) is 8.94. The molecule has 8 nitrogen and oxygen atoms in total. The highest BCUT2D eigenvalue weighted by molar-refractivity contribution is 7.92. The second-order valence-electron chi connectivity index (χ2n) is 6.52. The van der Waals surface area contributed by atoms with Crippen LogP contribution in [-0.4, -0.2) is 25.1 Å². The van der Waals surface area contributed by atoms with E-state index < -0.39 is 15.8 Å². The number of hydrogen-bond acceptors (Lipinski definition) is 6. The van der Waals surface area contributed by atoms with Gasteiger partial charge in [0.15, 0.2) is 5.58 Å². The number of methoxy groups -OCH3 is 1. The van der Waals surface area contributed by atoms with Crippen LogP contribution in [0.1, 0.15) is 12.5 Å². The number of oxazole rings is 1. The van der Waals surface area contributed by atoms with Crippen molar-refractivity contribution in [2.75, 3.05) is 11.8 Å². The number of aromatic nitrogens is 2. The van der Waals surface area contributed by atoms with E-state index in [4.69, 9.17) is 9.15 Å². The molecule has 0 saturated carbocycles. The summed E-state index contributed by atoms with van der Waals surface area (Å²) in [6, 6.07) is 9.79. The Balaban J connectivity index is 1.84. The predicted octanol–water partition coefficient (Wildman–Crippen LogP) is 3.28. The molecule has 0 aliphatic carbocycles. The lowest BCUT2D eigenvalue weighted by molar-refractivity contribution is 0.419. The molecule has 150 valence electrons. The zero-order valence-electron chi connectivity index (χ0n) is 16.1. The Kier molecular flexibility index (Phi) is 4.54. The van der Waals surface area contributed by atoms with Gasteiger partial charge in [-0.05, 0) is 49.7 Å². The molecule has 2 aromatic heterocycles. The summed E-state index contributed by atoms with van der Waals surface area (Å²) < 4.78 is 40.9. The van der Waals surface area contributed by atoms with Gasteiger partial charge in [0.05, 0.1) is 23.2 Å². The van der Waals surface area contributed by atoms with Crippen LogP contribution < -0.4 is 15.2 Å². The molecule has 0 unspecified atom stereocenters. The molecule has 0 aliphatic rings. The van der Waals surface area contributed by atoms with Gasteiger partial charge in [0.2, 0.25) is 0 Å². The normalized spacial score (nSPS) is 11.8. The number of sulfonamides is 1. The van der Waals surface area contributed by atoms with Crippen molar-refractivity contribution >= 4 is 37.7 Å². The molecule has 29 heavy (non-hydrogen) atoms. The second kappa shape index (κ2) is 6.93. The quantitative estimate of drug-likeness (QED) is 0.539. The van der Waals surface area contributed by atoms with Crippen LogP contribution in [0, 0.1) is 6.92 Å². The molecule has 0 bridgehead atoms. The largest absolute Gasteiger partial charge is 0.494 e. The molecule has 4 rings (SSSR count). The molecule has 0 aliphatic heterocycles. The zero-order valence-corrected chi connectivity index (χ0v) is 16.9. The number of aryl methyl sites for hydroxylation is 2. The van der Waals surface area contributed by atoms with E-state index in [9.17, 15) is 13.2 Å². The van der Waals surface area contributed by atoms with Crippen molar-refractivity contribution in [1.82, 2.24) is 9.55 Å². The summed E-state index contributed by atoms with van der Waals surface area (Å²) in [5.74, 6) is 0.0282. The topological polar surface area (TPSA) is 103 Å². The molecular weight excluding hydrogens is 394 g/mol. The van der Waals surface area contributed by atoms with Crippen molar-refractivity contribution in [2.24, 2.45) is 0 Å². The van der Waals surface area contributed by atoms with E-state index in [1.165, 1.54) is 17.7 Å². The Morgan fingerprint density at radius 1 is 1.24 bits per heavy atom. The molecule has 0 saturated heterocycles. The van der Waals surface area contributed by atoms with Gasteiger partial charge in [0, 0.05) is 24.2 Å². The molecule has 4 aromatic rings. The van der Waals surface area contributed by atoms with E-state index in [1.54, 1.807) is 43.5 Å². The summed E-state index contributed by atoms with van der Waals surface area (Å²) in [6.07, 6.45) is 1.61. The van der Waals surface area contributed by atoms with Crippen LogP contribution in [0.5, 0.6) is 5.75 Å². The highest BCUT2D eigenvalue weighted by Crippen LogP contribution is 2.32. The smallest absolute Gasteiger partial charge is 0.419 e. The monoisotopic (exact) mass is 413 g/mol. The number of rotatable bonds is 5. The van der Waals surface area contributed by atoms with E-state index in [-0.39, 0.29) is 10.5 Å². The Hall–Kier alpha value is -3.33. The van der Waals surface area contributed by atoms with Gasteiger partial charge >= 0.3 is 5.76 Å². The molecule has 9 heteroatoms. The van der Waals surface area contributed by atoms with Crippen LogP contribution in [0.15, 0.2) is 56.7 Å². The fourth-order valence-corrected chi connectivity index (χ4v) is 4.71. The highest BCUT2D eigenvalue weighted by atomic mass is 32.2. The van der Waals surface area contributed by atoms with Crippen LogP contribution in [0.4, 0.5) is 5.69 Å². The van der Waals surface area contributed by atoms with Gasteiger partial charge in [-0.2, -0.15) is 0 Å². The van der Waals surface area contributed by atoms with Gasteiger partial charge in [-0.15, -0.1) is 0 Å². The summed E-state index contributed by atoms with van der Waals surface area (Å²) in [5.41, 5.74) is 2.22. The lowest BCUT2D eigenvalue weighted by Gasteiger charge is -2.13. The van der Waals surface area contributed by atoms with Gasteiger partial charge in [0.25, 0.3) is 10.0 Å². The first kappa shape index (κ1) is 19.0. The maximum Gasteiger partial charge on any atom is 0.419 e. The van der Waals surface area contributed by atoms with Crippen LogP contribution in [0.3, 0.4) is 0 Å². The van der Waals surface area contributed by atoms with Crippen molar-refractivity contribution in [3.8, 4) is 5.75 Å². The SMILES string of the molecule is CCn1c(=O)oc2cc(S(=O)(=O)Nc3ccc(OC)c4ncccc34)c(C)cc21. The molecule has 0 radical (unpaired) electrons. The number of nitrogens with zero attached hydrogens (tertiary/aromatic N) is 2. The first-order valence-corrected chi connectivity index (χ1v) is 10.4. The average Bonchev–Trinajstić information content (AvgIpc) is 3.01. The van der Waals surface area contributed by atoms with Gasteiger partial charge in [-0.25, -0.2) is 13.2 Å². The van der Waals surface area contributed by atoms with E-state index in [0.717, 1.165) is 0 Å². The molecular formula is C20H19N3O5S. The minimum absolute atomic E-state index is 0.0369. The van der Waals surface area contributed by atoms with Crippen LogP contribution in [0.2, 0.25) is 0 Å². The molecule has 2 aromatic carbocycles. The minimum Gasteiger partial charge on any atom is -0.494 e. The molecule has 0 atom stereocenters. The summed E-state index contributed by atoms with van der Waals surface area (Å²) in [6.45, 7) is 3.93. The highest BCUT2D eigenvalue weighted by Gasteiger charge is 2.22. The van der Waals surface area contributed by atoms with Crippen molar-refractivity contribution in [2.45, 2.75) is 25.3 Å². The summed E-state index contributed by atoms with van der Waals surface area (Å²) in [7, 11) is -2.42. The maximum atomic E-state index is 13.1. The fourth-order valence-electron chi connectivity index (χ4n) is 3.38. The van der Waals surface area contributed by atoms with E-state index in [1.807, 2.05) is 6.92 Å². The molecule has 0 fully saturated rings. The zero-order chi connectivity index (χ0) is 20.8. The third-order valence-corrected chi connectivity index (χ3v) is 6.28. The summed E-state index contributed by atoms with van der Waals surface area (Å²) in [5, 5.41) is 0.609. The van der Waals surface area contributed by atoms with Gasteiger partial charge in [0.1, 0.15) is 11.3 Å². The summed E-state index contributed by atoms with van der Waals surface area (Å²) in [4.78, 5) is 16.3. The van der Waals surface area contributed by atoms with E-state index in [2.05, 4.69) is 9.71 Å². The molecule has 0 amide bonds. The number of ether oxygens (including phenoxy) is 1. The van der Waals surface area contributed by atoms with Crippen molar-refractivity contribution < 1.29 is 17.6 Å². The maximum absolute atomic E-state index is 13.1. The first-order chi connectivity index (χ1) is 13.9. The average molecular weight is 413 g/mol. The third kappa shape index (κ3) is 3.13. The molecule has 1 N–H and O–H groups in total. The number of hydrogen-bond donors (Lipinski definition) is 1. The van der Waals surface area contributed by atoms with Gasteiger partial charge < -0.3 is 9.15 Å². The van der Waals surface area contributed by atoms with Gasteiger partial charge in [-0.3, -0.25) is 14.3 Å². The molecule has 0 spiro atoms. The lowest BCUT2D eigenvalue weighted by atomic mass is 10.2. The Labute approximate surface area is 166 Å². The summed E-state index contributed by atoms with van der Waals surface area (Å²) >= 11 is 0. The predicted molar refractivity (Wildman–Crippen MR) is 110 cm³/mol. The fraction of sp³-hybridized carbons (Fsp3) is 0.200. The van der Waals surface area contributed by atoms with Crippen LogP contribution in [0.25, 0.3) is 22.0 Å². The van der Waals surface area contributed by atoms with E-state index in [0.29, 0.717) is 40.0 Å². The van der Waals surface area contributed by atoms with E-state index >= 15 is 0 Å². The Morgan fingerprint density at radius 3 is 2.76 bits per heavy atom. The third-order valence-electron chi connectivity index (χ3n) is 4.77. The number of anilines is 1. The molecule has 2 heterocycles. The number of nitrogens with one attached hydrogen (secondary N) is 1. The van der Waals surface area contributed by atoms with Crippen molar-refractivity contribution in [1.29, 1.82) is 0 Å². The Bertz CT molecular complexity index is 1400. The number of fused-ring (bicyclic) bond motifs is 2. The standard InChI is InChI=1S/C20H19N3O5S/c1-4-23-15-10-12(2)18(11-17(15)28-20(23)24)29(25,26)22-14-7-8-16(27-3)19-13(14)6-5-9-21-19/h5-11,22H,4H2,1-3H3. The van der Waals surface area contributed by atoms with Crippen LogP contribution in [-0.2, 0) is 16.6 Å². The Morgan fingerprint density at radius 2 is 2.03 bits per heavy atom. The van der Waals surface area contributed by atoms with Crippen molar-refractivity contribution in [3.63, 3.8) is 0 Å².